The molecule has 0 unspecified atom stereocenters. The third kappa shape index (κ3) is 7.17. The maximum absolute atomic E-state index is 10.4. The van der Waals surface area contributed by atoms with Crippen molar-refractivity contribution in [3.63, 3.8) is 0 Å². The standard InChI is InChI=1S/C5H9NOS.C3H5ClO2/c7-5(8)4-2-1-3-6-4;1-2-6-3(4)5/h4,6H,1-3H2,(H,7,8);2H2,1H3/t4-;/m0./s1. The highest BCUT2D eigenvalue weighted by molar-refractivity contribution is 7.96. The Hall–Kier alpha value is -0.260. The van der Waals surface area contributed by atoms with Crippen LogP contribution in [0.3, 0.4) is 0 Å². The van der Waals surface area contributed by atoms with Gasteiger partial charge in [-0.3, -0.25) is 4.79 Å². The molecule has 4 nitrogen and oxygen atoms in total. The van der Waals surface area contributed by atoms with Gasteiger partial charge in [0.1, 0.15) is 0 Å². The van der Waals surface area contributed by atoms with Crippen LogP contribution in [0.4, 0.5) is 4.79 Å². The van der Waals surface area contributed by atoms with Gasteiger partial charge in [-0.15, -0.1) is 12.6 Å². The smallest absolute Gasteiger partial charge is 0.403 e. The van der Waals surface area contributed by atoms with E-state index >= 15 is 0 Å². The molecule has 1 heterocycles. The average Bonchev–Trinajstić information content (AvgIpc) is 2.56. The number of carbonyl (C=O) groups excluding carboxylic acids is 2. The van der Waals surface area contributed by atoms with Gasteiger partial charge in [0.25, 0.3) is 0 Å². The van der Waals surface area contributed by atoms with Crippen molar-refractivity contribution in [2.75, 3.05) is 13.2 Å². The molecule has 0 aliphatic carbocycles. The van der Waals surface area contributed by atoms with Crippen molar-refractivity contribution in [2.24, 2.45) is 0 Å². The summed E-state index contributed by atoms with van der Waals surface area (Å²) in [6.07, 6.45) is 2.07. The lowest BCUT2D eigenvalue weighted by Gasteiger charge is -2.00. The first kappa shape index (κ1) is 13.7. The van der Waals surface area contributed by atoms with Gasteiger partial charge >= 0.3 is 5.43 Å². The second-order valence-electron chi connectivity index (χ2n) is 2.66. The highest BCUT2D eigenvalue weighted by Gasteiger charge is 2.18. The van der Waals surface area contributed by atoms with E-state index in [1.807, 2.05) is 0 Å². The third-order valence-electron chi connectivity index (χ3n) is 1.62. The highest BCUT2D eigenvalue weighted by atomic mass is 35.5. The Kier molecular flexibility index (Phi) is 7.93. The van der Waals surface area contributed by atoms with E-state index in [1.165, 1.54) is 0 Å². The summed E-state index contributed by atoms with van der Waals surface area (Å²) >= 11 is 8.41. The van der Waals surface area contributed by atoms with E-state index < -0.39 is 5.43 Å². The fourth-order valence-corrected chi connectivity index (χ4v) is 1.34. The van der Waals surface area contributed by atoms with E-state index in [2.05, 4.69) is 22.7 Å². The van der Waals surface area contributed by atoms with E-state index in [4.69, 9.17) is 11.6 Å². The summed E-state index contributed by atoms with van der Waals surface area (Å²) in [7, 11) is 0. The molecule has 1 rings (SSSR count). The summed E-state index contributed by atoms with van der Waals surface area (Å²) in [5.74, 6) is 0. The van der Waals surface area contributed by atoms with Crippen LogP contribution in [0.15, 0.2) is 0 Å². The number of carbonyl (C=O) groups is 2. The molecule has 0 saturated carbocycles. The van der Waals surface area contributed by atoms with Crippen molar-refractivity contribution >= 4 is 34.8 Å². The van der Waals surface area contributed by atoms with Crippen molar-refractivity contribution in [1.82, 2.24) is 5.32 Å². The quantitative estimate of drug-likeness (QED) is 0.568. The molecule has 0 amide bonds. The zero-order chi connectivity index (χ0) is 11.0. The number of rotatable bonds is 2. The SMILES string of the molecule is CCOC(=O)Cl.O=C(S)[C@@H]1CCCN1. The summed E-state index contributed by atoms with van der Waals surface area (Å²) in [4.78, 5) is 20.0. The van der Waals surface area contributed by atoms with E-state index in [0.717, 1.165) is 19.4 Å². The number of hydrogen-bond donors (Lipinski definition) is 2. The molecule has 0 spiro atoms. The molecular weight excluding hydrogens is 226 g/mol. The Morgan fingerprint density at radius 2 is 2.29 bits per heavy atom. The lowest BCUT2D eigenvalue weighted by atomic mass is 10.2. The second-order valence-corrected chi connectivity index (χ2v) is 3.41. The molecular formula is C8H14ClNO3S. The predicted octanol–water partition coefficient (Wildman–Crippen LogP) is 1.58. The van der Waals surface area contributed by atoms with Gasteiger partial charge in [-0.05, 0) is 26.3 Å². The fraction of sp³-hybridized carbons (Fsp3) is 0.750. The summed E-state index contributed by atoms with van der Waals surface area (Å²) in [6, 6.07) is 0.0401. The minimum Gasteiger partial charge on any atom is -0.454 e. The first-order chi connectivity index (χ1) is 6.57. The summed E-state index contributed by atoms with van der Waals surface area (Å²) in [6.45, 7) is 3.01. The van der Waals surface area contributed by atoms with E-state index in [9.17, 15) is 9.59 Å². The fourth-order valence-electron chi connectivity index (χ4n) is 1.01. The minimum atomic E-state index is -0.738. The van der Waals surface area contributed by atoms with Gasteiger partial charge in [-0.2, -0.15) is 0 Å². The van der Waals surface area contributed by atoms with Crippen molar-refractivity contribution < 1.29 is 14.3 Å². The molecule has 0 bridgehead atoms. The summed E-state index contributed by atoms with van der Waals surface area (Å²) in [5.41, 5.74) is -0.738. The Morgan fingerprint density at radius 3 is 2.43 bits per heavy atom. The van der Waals surface area contributed by atoms with Gasteiger partial charge in [0.15, 0.2) is 0 Å². The molecule has 0 aromatic heterocycles. The molecule has 1 atom stereocenters. The lowest BCUT2D eigenvalue weighted by molar-refractivity contribution is -0.112. The van der Waals surface area contributed by atoms with Gasteiger partial charge in [0, 0.05) is 11.6 Å². The van der Waals surface area contributed by atoms with E-state index in [0.29, 0.717) is 6.61 Å². The van der Waals surface area contributed by atoms with Crippen molar-refractivity contribution in [1.29, 1.82) is 0 Å². The van der Waals surface area contributed by atoms with Gasteiger partial charge in [-0.25, -0.2) is 4.79 Å². The zero-order valence-corrected chi connectivity index (χ0v) is 9.61. The molecule has 1 N–H and O–H groups in total. The maximum Gasteiger partial charge on any atom is 0.403 e. The molecule has 0 radical (unpaired) electrons. The topological polar surface area (TPSA) is 55.4 Å². The highest BCUT2D eigenvalue weighted by Crippen LogP contribution is 2.06. The summed E-state index contributed by atoms with van der Waals surface area (Å²) < 4.78 is 4.17. The van der Waals surface area contributed by atoms with Crippen molar-refractivity contribution in [3.05, 3.63) is 0 Å². The Balaban J connectivity index is 0.000000255. The molecule has 1 fully saturated rings. The Bertz CT molecular complexity index is 195. The van der Waals surface area contributed by atoms with Crippen LogP contribution in [0.5, 0.6) is 0 Å². The Labute approximate surface area is 93.7 Å². The first-order valence-electron chi connectivity index (χ1n) is 4.36. The van der Waals surface area contributed by atoms with Crippen LogP contribution >= 0.6 is 24.2 Å². The van der Waals surface area contributed by atoms with Crippen LogP contribution in [0.25, 0.3) is 0 Å². The van der Waals surface area contributed by atoms with Crippen LogP contribution in [0.2, 0.25) is 0 Å². The monoisotopic (exact) mass is 239 g/mol. The number of thiol groups is 1. The van der Waals surface area contributed by atoms with Crippen LogP contribution in [0.1, 0.15) is 19.8 Å². The first-order valence-corrected chi connectivity index (χ1v) is 5.19. The zero-order valence-electron chi connectivity index (χ0n) is 7.96. The maximum atomic E-state index is 10.4. The number of nitrogens with one attached hydrogen (secondary N) is 1. The molecule has 0 aromatic rings. The van der Waals surface area contributed by atoms with Gasteiger partial charge < -0.3 is 10.1 Å². The molecule has 14 heavy (non-hydrogen) atoms. The molecule has 1 aliphatic heterocycles. The van der Waals surface area contributed by atoms with Gasteiger partial charge in [-0.1, -0.05) is 0 Å². The molecule has 6 heteroatoms. The van der Waals surface area contributed by atoms with Crippen LogP contribution < -0.4 is 5.32 Å². The normalized spacial score (nSPS) is 19.5. The third-order valence-corrected chi connectivity index (χ3v) is 2.04. The summed E-state index contributed by atoms with van der Waals surface area (Å²) in [5, 5.41) is 3.00. The molecule has 82 valence electrons. The predicted molar refractivity (Wildman–Crippen MR) is 57.9 cm³/mol. The minimum absolute atomic E-state index is 0.0255. The van der Waals surface area contributed by atoms with Crippen molar-refractivity contribution in [3.8, 4) is 0 Å². The molecule has 1 aliphatic rings. The molecule has 0 aromatic carbocycles. The van der Waals surface area contributed by atoms with Crippen LogP contribution in [0, 0.1) is 0 Å². The second kappa shape index (κ2) is 8.08. The largest absolute Gasteiger partial charge is 0.454 e. The van der Waals surface area contributed by atoms with Crippen LogP contribution in [-0.4, -0.2) is 29.7 Å². The van der Waals surface area contributed by atoms with E-state index in [1.54, 1.807) is 6.92 Å². The number of hydrogen-bond acceptors (Lipinski definition) is 4. The van der Waals surface area contributed by atoms with Gasteiger partial charge in [0.05, 0.1) is 12.6 Å². The van der Waals surface area contributed by atoms with Gasteiger partial charge in [0.2, 0.25) is 5.12 Å². The number of ether oxygens (including phenoxy) is 1. The number of halogens is 1. The average molecular weight is 240 g/mol. The molecule has 1 saturated heterocycles. The van der Waals surface area contributed by atoms with E-state index in [-0.39, 0.29) is 11.2 Å². The van der Waals surface area contributed by atoms with Crippen LogP contribution in [-0.2, 0) is 9.53 Å². The Morgan fingerprint density at radius 1 is 1.64 bits per heavy atom. The lowest BCUT2D eigenvalue weighted by Crippen LogP contribution is -2.26. The van der Waals surface area contributed by atoms with Crippen molar-refractivity contribution in [2.45, 2.75) is 25.8 Å².